The number of aliphatic imine (C=N–C) groups is 1. The topological polar surface area (TPSA) is 12.4 Å². The van der Waals surface area contributed by atoms with Crippen molar-refractivity contribution in [2.45, 2.75) is 31.1 Å². The molecule has 1 aliphatic rings. The molecule has 2 rings (SSSR count). The number of rotatable bonds is 3. The summed E-state index contributed by atoms with van der Waals surface area (Å²) in [5.41, 5.74) is 1.66. The number of hydrogen-bond donors (Lipinski definition) is 0. The summed E-state index contributed by atoms with van der Waals surface area (Å²) in [7, 11) is 0. The fraction of sp³-hybridized carbons (Fsp3) is 0.462. The van der Waals surface area contributed by atoms with Gasteiger partial charge in [0.1, 0.15) is 0 Å². The van der Waals surface area contributed by atoms with Gasteiger partial charge in [-0.3, -0.25) is 0 Å². The Labute approximate surface area is 96.2 Å². The first-order valence-electron chi connectivity index (χ1n) is 5.47. The number of isothiocyanates is 1. The summed E-state index contributed by atoms with van der Waals surface area (Å²) in [4.78, 5) is 4.17. The Morgan fingerprint density at radius 2 is 1.87 bits per heavy atom. The zero-order valence-electron chi connectivity index (χ0n) is 8.78. The molecule has 0 radical (unpaired) electrons. The van der Waals surface area contributed by atoms with Gasteiger partial charge in [0.05, 0.1) is 11.7 Å². The van der Waals surface area contributed by atoms with Crippen molar-refractivity contribution in [3.8, 4) is 0 Å². The van der Waals surface area contributed by atoms with E-state index in [9.17, 15) is 0 Å². The summed E-state index contributed by atoms with van der Waals surface area (Å²) < 4.78 is 0. The van der Waals surface area contributed by atoms with Gasteiger partial charge in [0.2, 0.25) is 0 Å². The summed E-state index contributed by atoms with van der Waals surface area (Å²) >= 11 is 4.67. The molecular formula is C13H15NS. The third kappa shape index (κ3) is 2.17. The second-order valence-corrected chi connectivity index (χ2v) is 4.44. The van der Waals surface area contributed by atoms with E-state index in [0.29, 0.717) is 0 Å². The molecule has 0 N–H and O–H groups in total. The fourth-order valence-corrected chi connectivity index (χ4v) is 2.63. The smallest absolute Gasteiger partial charge is 0.0589 e. The first-order chi connectivity index (χ1) is 7.37. The summed E-state index contributed by atoms with van der Waals surface area (Å²) in [5, 5.41) is 2.50. The Bertz CT molecular complexity index is 359. The van der Waals surface area contributed by atoms with Gasteiger partial charge in [-0.2, -0.15) is 0 Å². The molecule has 1 aromatic carbocycles. The molecule has 1 fully saturated rings. The molecule has 1 aromatic rings. The Morgan fingerprint density at radius 1 is 1.20 bits per heavy atom. The van der Waals surface area contributed by atoms with Crippen LogP contribution in [0.15, 0.2) is 35.3 Å². The summed E-state index contributed by atoms with van der Waals surface area (Å²) in [5.74, 6) is 0. The van der Waals surface area contributed by atoms with Gasteiger partial charge in [-0.1, -0.05) is 43.2 Å². The highest BCUT2D eigenvalue weighted by atomic mass is 32.1. The van der Waals surface area contributed by atoms with Crippen molar-refractivity contribution in [2.24, 2.45) is 4.99 Å². The van der Waals surface area contributed by atoms with Crippen LogP contribution in [0.25, 0.3) is 0 Å². The zero-order chi connectivity index (χ0) is 10.6. The summed E-state index contributed by atoms with van der Waals surface area (Å²) in [6.07, 6.45) is 5.08. The maximum Gasteiger partial charge on any atom is 0.0589 e. The second-order valence-electron chi connectivity index (χ2n) is 4.26. The van der Waals surface area contributed by atoms with Gasteiger partial charge in [-0.15, -0.1) is 0 Å². The molecule has 0 spiro atoms. The van der Waals surface area contributed by atoms with E-state index in [0.717, 1.165) is 6.54 Å². The van der Waals surface area contributed by atoms with Crippen LogP contribution in [-0.4, -0.2) is 11.7 Å². The van der Waals surface area contributed by atoms with Gasteiger partial charge in [0, 0.05) is 5.41 Å². The van der Waals surface area contributed by atoms with Crippen LogP contribution in [0.4, 0.5) is 0 Å². The molecule has 0 amide bonds. The lowest BCUT2D eigenvalue weighted by molar-refractivity contribution is 0.455. The monoisotopic (exact) mass is 217 g/mol. The highest BCUT2D eigenvalue weighted by molar-refractivity contribution is 7.78. The lowest BCUT2D eigenvalue weighted by atomic mass is 9.79. The van der Waals surface area contributed by atoms with Crippen molar-refractivity contribution in [1.82, 2.24) is 0 Å². The van der Waals surface area contributed by atoms with Gasteiger partial charge >= 0.3 is 0 Å². The molecular weight excluding hydrogens is 202 g/mol. The Hall–Kier alpha value is -0.980. The van der Waals surface area contributed by atoms with Gasteiger partial charge < -0.3 is 0 Å². The predicted molar refractivity (Wildman–Crippen MR) is 66.5 cm³/mol. The van der Waals surface area contributed by atoms with Gasteiger partial charge in [0.25, 0.3) is 0 Å². The van der Waals surface area contributed by atoms with E-state index < -0.39 is 0 Å². The second kappa shape index (κ2) is 4.69. The molecule has 0 heterocycles. The van der Waals surface area contributed by atoms with E-state index >= 15 is 0 Å². The average Bonchev–Trinajstić information content (AvgIpc) is 2.78. The van der Waals surface area contributed by atoms with Crippen molar-refractivity contribution in [2.75, 3.05) is 6.54 Å². The van der Waals surface area contributed by atoms with Crippen LogP contribution >= 0.6 is 12.2 Å². The minimum atomic E-state index is 0.243. The highest BCUT2D eigenvalue weighted by Crippen LogP contribution is 2.41. The maximum atomic E-state index is 4.67. The number of thiocarbonyl (C=S) groups is 1. The Kier molecular flexibility index (Phi) is 3.30. The van der Waals surface area contributed by atoms with Gasteiger partial charge in [0.15, 0.2) is 0 Å². The van der Waals surface area contributed by atoms with Crippen LogP contribution in [0, 0.1) is 0 Å². The average molecular weight is 217 g/mol. The van der Waals surface area contributed by atoms with Crippen LogP contribution < -0.4 is 0 Å². The molecule has 2 heteroatoms. The third-order valence-electron chi connectivity index (χ3n) is 3.39. The van der Waals surface area contributed by atoms with Crippen molar-refractivity contribution in [3.63, 3.8) is 0 Å². The third-order valence-corrected chi connectivity index (χ3v) is 3.52. The van der Waals surface area contributed by atoms with E-state index in [2.05, 4.69) is 52.7 Å². The maximum absolute atomic E-state index is 4.67. The summed E-state index contributed by atoms with van der Waals surface area (Å²) in [6, 6.07) is 10.7. The van der Waals surface area contributed by atoms with Crippen LogP contribution in [0.1, 0.15) is 31.2 Å². The van der Waals surface area contributed by atoms with Crippen molar-refractivity contribution >= 4 is 17.4 Å². The van der Waals surface area contributed by atoms with Crippen molar-refractivity contribution in [3.05, 3.63) is 35.9 Å². The lowest BCUT2D eigenvalue weighted by Crippen LogP contribution is -2.25. The van der Waals surface area contributed by atoms with Crippen LogP contribution in [0.2, 0.25) is 0 Å². The molecule has 78 valence electrons. The Balaban J connectivity index is 2.30. The van der Waals surface area contributed by atoms with Crippen LogP contribution in [-0.2, 0) is 5.41 Å². The van der Waals surface area contributed by atoms with E-state index in [4.69, 9.17) is 0 Å². The molecule has 1 aliphatic carbocycles. The molecule has 0 unspecified atom stereocenters. The van der Waals surface area contributed by atoms with Gasteiger partial charge in [-0.05, 0) is 30.6 Å². The zero-order valence-corrected chi connectivity index (χ0v) is 9.59. The molecule has 0 aromatic heterocycles. The normalized spacial score (nSPS) is 18.4. The minimum absolute atomic E-state index is 0.243. The molecule has 0 aliphatic heterocycles. The lowest BCUT2D eigenvalue weighted by Gasteiger charge is -2.27. The standard InChI is InChI=1S/C13H15NS/c15-11-14-10-13(8-4-5-9-13)12-6-2-1-3-7-12/h1-3,6-7H,4-5,8-10H2. The molecule has 0 bridgehead atoms. The number of nitrogens with zero attached hydrogens (tertiary/aromatic N) is 1. The van der Waals surface area contributed by atoms with E-state index in [-0.39, 0.29) is 5.41 Å². The molecule has 0 atom stereocenters. The predicted octanol–water partition coefficient (Wildman–Crippen LogP) is 3.60. The summed E-state index contributed by atoms with van der Waals surface area (Å²) in [6.45, 7) is 0.806. The van der Waals surface area contributed by atoms with Gasteiger partial charge in [-0.25, -0.2) is 4.99 Å². The van der Waals surface area contributed by atoms with E-state index in [1.165, 1.54) is 31.2 Å². The van der Waals surface area contributed by atoms with Crippen LogP contribution in [0.5, 0.6) is 0 Å². The van der Waals surface area contributed by atoms with E-state index in [1.54, 1.807) is 0 Å². The molecule has 15 heavy (non-hydrogen) atoms. The Morgan fingerprint density at radius 3 is 2.47 bits per heavy atom. The van der Waals surface area contributed by atoms with E-state index in [1.807, 2.05) is 0 Å². The first kappa shape index (κ1) is 10.5. The van der Waals surface area contributed by atoms with Crippen LogP contribution in [0.3, 0.4) is 0 Å². The number of hydrogen-bond acceptors (Lipinski definition) is 2. The SMILES string of the molecule is S=C=NCC1(c2ccccc2)CCCC1. The molecule has 0 saturated heterocycles. The highest BCUT2D eigenvalue weighted by Gasteiger charge is 2.35. The number of benzene rings is 1. The minimum Gasteiger partial charge on any atom is -0.232 e. The molecule has 1 saturated carbocycles. The van der Waals surface area contributed by atoms with Crippen molar-refractivity contribution < 1.29 is 0 Å². The molecule has 1 nitrogen and oxygen atoms in total. The first-order valence-corrected chi connectivity index (χ1v) is 5.87. The van der Waals surface area contributed by atoms with Crippen molar-refractivity contribution in [1.29, 1.82) is 0 Å². The quantitative estimate of drug-likeness (QED) is 0.556. The fourth-order valence-electron chi connectivity index (χ4n) is 2.57. The largest absolute Gasteiger partial charge is 0.232 e.